The molecule has 0 bridgehead atoms. The maximum Gasteiger partial charge on any atom is 0.163 e. The number of nitrogens with one attached hydrogen (secondary N) is 1. The van der Waals surface area contributed by atoms with Crippen LogP contribution in [0.3, 0.4) is 0 Å². The number of hydrogen-bond acceptors (Lipinski definition) is 1. The Morgan fingerprint density at radius 1 is 0.815 bits per heavy atom. The summed E-state index contributed by atoms with van der Waals surface area (Å²) < 4.78 is 0. The molecule has 0 aromatic heterocycles. The van der Waals surface area contributed by atoms with E-state index in [0.29, 0.717) is 6.17 Å². The standard InChI is InChI=1S/C22H32N2Si2.HI/c1-20-23(18-25(2,3)21-12-8-6-9-13-21)16-17-24(20)19-26(4,5)22-14-10-7-11-15-22;/h6-17,20H,18-19H2,1-5H3;1H. The number of benzene rings is 2. The van der Waals surface area contributed by atoms with Gasteiger partial charge in [-0.3, -0.25) is 4.90 Å². The predicted octanol–water partition coefficient (Wildman–Crippen LogP) is -0.682. The number of hydrogen-bond donors (Lipinski definition) is 1. The molecule has 2 aromatic rings. The summed E-state index contributed by atoms with van der Waals surface area (Å²) in [5.41, 5.74) is 0. The van der Waals surface area contributed by atoms with Crippen molar-refractivity contribution in [2.75, 3.05) is 12.3 Å². The van der Waals surface area contributed by atoms with Gasteiger partial charge >= 0.3 is 0 Å². The Balaban J connectivity index is 0.00000261. The molecule has 0 aliphatic carbocycles. The van der Waals surface area contributed by atoms with E-state index in [1.807, 2.05) is 0 Å². The molecule has 5 heteroatoms. The fourth-order valence-corrected chi connectivity index (χ4v) is 9.31. The summed E-state index contributed by atoms with van der Waals surface area (Å²) in [4.78, 5) is 4.20. The lowest BCUT2D eigenvalue weighted by molar-refractivity contribution is -0.865. The normalized spacial score (nSPS) is 19.8. The van der Waals surface area contributed by atoms with Gasteiger partial charge in [-0.25, -0.2) is 0 Å². The molecule has 0 fully saturated rings. The Hall–Kier alpha value is -0.896. The van der Waals surface area contributed by atoms with Crippen molar-refractivity contribution >= 4 is 26.5 Å². The predicted molar refractivity (Wildman–Crippen MR) is 118 cm³/mol. The number of quaternary nitrogens is 1. The molecule has 2 atom stereocenters. The molecule has 0 saturated carbocycles. The van der Waals surface area contributed by atoms with Crippen molar-refractivity contribution in [1.29, 1.82) is 0 Å². The maximum atomic E-state index is 2.59. The molecule has 2 aromatic carbocycles. The van der Waals surface area contributed by atoms with E-state index < -0.39 is 16.1 Å². The minimum atomic E-state index is -1.47. The van der Waals surface area contributed by atoms with E-state index in [9.17, 15) is 0 Å². The Labute approximate surface area is 184 Å². The van der Waals surface area contributed by atoms with Gasteiger partial charge in [0.05, 0.1) is 12.4 Å². The second-order valence-electron chi connectivity index (χ2n) is 8.92. The van der Waals surface area contributed by atoms with E-state index in [1.165, 1.54) is 12.3 Å². The second kappa shape index (κ2) is 9.07. The molecule has 1 aliphatic rings. The third-order valence-corrected chi connectivity index (χ3v) is 12.1. The highest BCUT2D eigenvalue weighted by molar-refractivity contribution is 6.90. The van der Waals surface area contributed by atoms with Gasteiger partial charge in [-0.05, 0) is 0 Å². The molecule has 2 nitrogen and oxygen atoms in total. The van der Waals surface area contributed by atoms with Crippen LogP contribution in [0.2, 0.25) is 26.2 Å². The van der Waals surface area contributed by atoms with Crippen molar-refractivity contribution in [3.63, 3.8) is 0 Å². The highest BCUT2D eigenvalue weighted by Crippen LogP contribution is 2.11. The van der Waals surface area contributed by atoms with Gasteiger partial charge in [0.15, 0.2) is 6.17 Å². The molecule has 0 saturated heterocycles. The van der Waals surface area contributed by atoms with Gasteiger partial charge in [0.25, 0.3) is 0 Å². The van der Waals surface area contributed by atoms with Crippen LogP contribution in [-0.4, -0.2) is 39.5 Å². The number of halogens is 1. The molecule has 2 unspecified atom stereocenters. The average molecular weight is 509 g/mol. The molecule has 3 rings (SSSR count). The first-order valence-corrected chi connectivity index (χ1v) is 16.1. The van der Waals surface area contributed by atoms with Crippen LogP contribution < -0.4 is 39.3 Å². The van der Waals surface area contributed by atoms with Gasteiger partial charge in [-0.2, -0.15) is 0 Å². The van der Waals surface area contributed by atoms with E-state index >= 15 is 0 Å². The van der Waals surface area contributed by atoms with Crippen LogP contribution in [0.4, 0.5) is 0 Å². The van der Waals surface area contributed by atoms with Gasteiger partial charge in [-0.15, -0.1) is 0 Å². The van der Waals surface area contributed by atoms with Crippen molar-refractivity contribution in [2.24, 2.45) is 0 Å². The van der Waals surface area contributed by atoms with E-state index in [2.05, 4.69) is 111 Å². The Bertz CT molecular complexity index is 684. The SMILES string of the molecule is CC1N(C[Si](C)(C)c2ccccc2)C=C[NH+]1C[Si](C)(C)c1ccccc1.[I-]. The highest BCUT2D eigenvalue weighted by Gasteiger charge is 2.37. The third kappa shape index (κ3) is 5.34. The van der Waals surface area contributed by atoms with E-state index in [-0.39, 0.29) is 24.0 Å². The fraction of sp³-hybridized carbons (Fsp3) is 0.364. The van der Waals surface area contributed by atoms with E-state index in [1.54, 1.807) is 15.3 Å². The molecular weight excluding hydrogens is 475 g/mol. The molecule has 0 amide bonds. The first kappa shape index (κ1) is 22.4. The molecular formula is C22H33IN2Si2. The molecule has 1 heterocycles. The van der Waals surface area contributed by atoms with Crippen LogP contribution in [0, 0.1) is 0 Å². The largest absolute Gasteiger partial charge is 1.00 e. The molecule has 27 heavy (non-hydrogen) atoms. The van der Waals surface area contributed by atoms with E-state index in [4.69, 9.17) is 0 Å². The van der Waals surface area contributed by atoms with Gasteiger partial charge in [0.2, 0.25) is 0 Å². The Morgan fingerprint density at radius 3 is 1.81 bits per heavy atom. The van der Waals surface area contributed by atoms with Crippen molar-refractivity contribution in [1.82, 2.24) is 4.90 Å². The molecule has 1 aliphatic heterocycles. The summed E-state index contributed by atoms with van der Waals surface area (Å²) in [5, 5.41) is 3.11. The average Bonchev–Trinajstić information content (AvgIpc) is 2.95. The first-order valence-electron chi connectivity index (χ1n) is 9.70. The summed E-state index contributed by atoms with van der Waals surface area (Å²) in [6, 6.07) is 22.2. The molecule has 0 radical (unpaired) electrons. The number of rotatable bonds is 6. The van der Waals surface area contributed by atoms with Crippen LogP contribution >= 0.6 is 0 Å². The fourth-order valence-electron chi connectivity index (χ4n) is 4.01. The molecule has 146 valence electrons. The Morgan fingerprint density at radius 2 is 1.30 bits per heavy atom. The summed E-state index contributed by atoms with van der Waals surface area (Å²) in [5.74, 6) is 0. The zero-order valence-corrected chi connectivity index (χ0v) is 21.4. The monoisotopic (exact) mass is 508 g/mol. The lowest BCUT2D eigenvalue weighted by Crippen LogP contribution is -3.13. The van der Waals surface area contributed by atoms with Crippen LogP contribution in [-0.2, 0) is 0 Å². The Kier molecular flexibility index (Phi) is 7.52. The topological polar surface area (TPSA) is 7.68 Å². The van der Waals surface area contributed by atoms with Crippen LogP contribution in [0.25, 0.3) is 0 Å². The zero-order chi connectivity index (χ0) is 18.8. The molecule has 0 spiro atoms. The van der Waals surface area contributed by atoms with Gasteiger partial charge < -0.3 is 28.9 Å². The maximum absolute atomic E-state index is 2.59. The minimum Gasteiger partial charge on any atom is -1.00 e. The summed E-state index contributed by atoms with van der Waals surface area (Å²) in [6.45, 7) is 12.4. The van der Waals surface area contributed by atoms with Crippen molar-refractivity contribution < 1.29 is 28.9 Å². The van der Waals surface area contributed by atoms with Gasteiger partial charge in [0, 0.05) is 13.1 Å². The smallest absolute Gasteiger partial charge is 0.163 e. The minimum absolute atomic E-state index is 0. The summed E-state index contributed by atoms with van der Waals surface area (Å²) in [6.07, 6.45) is 7.72. The van der Waals surface area contributed by atoms with Crippen LogP contribution in [0.15, 0.2) is 73.1 Å². The lowest BCUT2D eigenvalue weighted by atomic mass is 10.4. The highest BCUT2D eigenvalue weighted by atomic mass is 127. The zero-order valence-electron chi connectivity index (χ0n) is 17.2. The van der Waals surface area contributed by atoms with Crippen molar-refractivity contribution in [3.05, 3.63) is 73.1 Å². The number of nitrogens with zero attached hydrogens (tertiary/aromatic N) is 1. The first-order chi connectivity index (χ1) is 12.3. The van der Waals surface area contributed by atoms with E-state index in [0.717, 1.165) is 0 Å². The van der Waals surface area contributed by atoms with Crippen LogP contribution in [0.1, 0.15) is 6.92 Å². The van der Waals surface area contributed by atoms with Gasteiger partial charge in [0.1, 0.15) is 22.3 Å². The van der Waals surface area contributed by atoms with Gasteiger partial charge in [-0.1, -0.05) is 97.2 Å². The lowest BCUT2D eigenvalue weighted by Gasteiger charge is -2.34. The van der Waals surface area contributed by atoms with Crippen molar-refractivity contribution in [2.45, 2.75) is 39.3 Å². The summed E-state index contributed by atoms with van der Waals surface area (Å²) >= 11 is 0. The summed E-state index contributed by atoms with van der Waals surface area (Å²) in [7, 11) is -2.91. The molecule has 1 N–H and O–H groups in total. The van der Waals surface area contributed by atoms with Crippen LogP contribution in [0.5, 0.6) is 0 Å². The second-order valence-corrected chi connectivity index (χ2v) is 18.3. The third-order valence-electron chi connectivity index (χ3n) is 5.85. The quantitative estimate of drug-likeness (QED) is 0.402. The van der Waals surface area contributed by atoms with Crippen molar-refractivity contribution in [3.8, 4) is 0 Å².